The van der Waals surface area contributed by atoms with E-state index in [0.717, 1.165) is 57.3 Å². The van der Waals surface area contributed by atoms with Crippen molar-refractivity contribution in [3.05, 3.63) is 72.9 Å². The van der Waals surface area contributed by atoms with Crippen LogP contribution in [-0.4, -0.2) is 47.6 Å². The molecule has 0 rings (SSSR count). The van der Waals surface area contributed by atoms with Crippen molar-refractivity contribution in [3.8, 4) is 0 Å². The number of carbonyl (C=O) groups is 2. The number of esters is 2. The van der Waals surface area contributed by atoms with E-state index in [0.29, 0.717) is 6.42 Å². The predicted octanol–water partition coefficient (Wildman–Crippen LogP) is 13.7. The molecule has 0 aliphatic rings. The van der Waals surface area contributed by atoms with Crippen LogP contribution in [0.3, 0.4) is 0 Å². The Labute approximate surface area is 345 Å². The van der Waals surface area contributed by atoms with Gasteiger partial charge in [-0.3, -0.25) is 9.59 Å². The fraction of sp³-hybridized carbons (Fsp3) is 0.720. The molecule has 0 heterocycles. The second-order valence-corrected chi connectivity index (χ2v) is 15.6. The Bertz CT molecular complexity index is 1050. The fourth-order valence-corrected chi connectivity index (χ4v) is 6.23. The van der Waals surface area contributed by atoms with Crippen molar-refractivity contribution in [2.45, 2.75) is 213 Å². The lowest BCUT2D eigenvalue weighted by Gasteiger charge is -2.12. The van der Waals surface area contributed by atoms with E-state index in [-0.39, 0.29) is 32.0 Å². The van der Waals surface area contributed by atoms with E-state index in [2.05, 4.69) is 69.4 Å². The Morgan fingerprint density at radius 2 is 0.875 bits per heavy atom. The van der Waals surface area contributed by atoms with Gasteiger partial charge in [0.2, 0.25) is 0 Å². The minimum Gasteiger partial charge on any atom is -0.463 e. The van der Waals surface area contributed by atoms with Gasteiger partial charge in [-0.05, 0) is 50.9 Å². The molecule has 0 aromatic heterocycles. The van der Waals surface area contributed by atoms with E-state index in [9.17, 15) is 19.8 Å². The molecule has 0 bridgehead atoms. The van der Waals surface area contributed by atoms with Crippen LogP contribution in [-0.2, 0) is 19.1 Å². The van der Waals surface area contributed by atoms with E-state index in [1.807, 2.05) is 12.2 Å². The molecule has 6 heteroatoms. The Hall–Kier alpha value is -2.70. The molecule has 2 unspecified atom stereocenters. The number of hydrogen-bond donors (Lipinski definition) is 2. The molecule has 0 saturated carbocycles. The number of unbranched alkanes of at least 4 members (excludes halogenated alkanes) is 17. The van der Waals surface area contributed by atoms with Crippen LogP contribution in [0.2, 0.25) is 0 Å². The molecule has 3 atom stereocenters. The van der Waals surface area contributed by atoms with Crippen molar-refractivity contribution in [3.63, 3.8) is 0 Å². The summed E-state index contributed by atoms with van der Waals surface area (Å²) >= 11 is 0. The lowest BCUT2D eigenvalue weighted by molar-refractivity contribution is -0.152. The summed E-state index contributed by atoms with van der Waals surface area (Å²) in [6.45, 7) is 6.39. The summed E-state index contributed by atoms with van der Waals surface area (Å²) in [5.41, 5.74) is 0. The molecule has 6 nitrogen and oxygen atoms in total. The molecule has 322 valence electrons. The number of allylic oxidation sites excluding steroid dienone is 11. The summed E-state index contributed by atoms with van der Waals surface area (Å²) in [5, 5.41) is 20.2. The molecular formula is C50H86O6. The monoisotopic (exact) mass is 783 g/mol. The van der Waals surface area contributed by atoms with Crippen LogP contribution in [0.25, 0.3) is 0 Å². The standard InChI is InChI=1S/C50H86O6/c1-4-6-7-8-9-10-11-12-13-19-22-25-28-31-34-37-40-47(51)42-43-50(54)56-45-48(52)44-55-49(53)41-38-35-32-29-26-23-20-17-15-14-16-18-21-24-27-30-33-36-39-46(3)5-2/h6-7,9-10,12-13,22,25,31,34,37,40,46-48,51-52H,4-5,8,11,14-21,23-24,26-30,32-33,35-36,38-39,41-45H2,1-3H3/b7-6-,10-9-,13-12-,25-22-,34-31-,40-37-/t46?,47?,48-/m1/s1. The van der Waals surface area contributed by atoms with Crippen LogP contribution in [0.4, 0.5) is 0 Å². The van der Waals surface area contributed by atoms with Gasteiger partial charge in [0.05, 0.1) is 6.10 Å². The summed E-state index contributed by atoms with van der Waals surface area (Å²) in [7, 11) is 0. The third-order valence-corrected chi connectivity index (χ3v) is 10.1. The Kier molecular flexibility index (Phi) is 41.3. The zero-order chi connectivity index (χ0) is 41.0. The smallest absolute Gasteiger partial charge is 0.305 e. The van der Waals surface area contributed by atoms with Crippen molar-refractivity contribution >= 4 is 11.9 Å². The predicted molar refractivity (Wildman–Crippen MR) is 239 cm³/mol. The first-order chi connectivity index (χ1) is 27.4. The van der Waals surface area contributed by atoms with E-state index in [4.69, 9.17) is 9.47 Å². The van der Waals surface area contributed by atoms with Gasteiger partial charge in [0.15, 0.2) is 0 Å². The highest BCUT2D eigenvalue weighted by Crippen LogP contribution is 2.17. The molecule has 0 aromatic carbocycles. The second-order valence-electron chi connectivity index (χ2n) is 15.6. The van der Waals surface area contributed by atoms with Crippen LogP contribution in [0.5, 0.6) is 0 Å². The number of aliphatic hydroxyl groups excluding tert-OH is 2. The Morgan fingerprint density at radius 1 is 0.482 bits per heavy atom. The van der Waals surface area contributed by atoms with E-state index >= 15 is 0 Å². The van der Waals surface area contributed by atoms with Crippen LogP contribution in [0.15, 0.2) is 72.9 Å². The number of ether oxygens (including phenoxy) is 2. The maximum absolute atomic E-state index is 12.0. The molecule has 0 radical (unpaired) electrons. The third kappa shape index (κ3) is 42.4. The first-order valence-electron chi connectivity index (χ1n) is 23.0. The van der Waals surface area contributed by atoms with Crippen molar-refractivity contribution in [2.24, 2.45) is 5.92 Å². The molecule has 2 N–H and O–H groups in total. The SMILES string of the molecule is CC/C=C\C/C=C\C/C=C\C/C=C\C/C=C\C=C/C(O)CCC(=O)OC[C@H](O)COC(=O)CCCCCCCCCCCCCCCCCCCCC(C)CC. The van der Waals surface area contributed by atoms with Crippen LogP contribution < -0.4 is 0 Å². The number of aliphatic hydroxyl groups is 2. The number of rotatable bonds is 40. The van der Waals surface area contributed by atoms with E-state index < -0.39 is 18.2 Å². The van der Waals surface area contributed by atoms with Crippen molar-refractivity contribution < 1.29 is 29.3 Å². The largest absolute Gasteiger partial charge is 0.463 e. The molecule has 56 heavy (non-hydrogen) atoms. The van der Waals surface area contributed by atoms with Gasteiger partial charge in [0, 0.05) is 12.8 Å². The van der Waals surface area contributed by atoms with Gasteiger partial charge in [0.1, 0.15) is 19.3 Å². The molecular weight excluding hydrogens is 697 g/mol. The minimum atomic E-state index is -1.06. The maximum Gasteiger partial charge on any atom is 0.305 e. The van der Waals surface area contributed by atoms with Gasteiger partial charge < -0.3 is 19.7 Å². The summed E-state index contributed by atoms with van der Waals surface area (Å²) in [5.74, 6) is 0.0712. The zero-order valence-corrected chi connectivity index (χ0v) is 36.4. The van der Waals surface area contributed by atoms with E-state index in [1.54, 1.807) is 12.2 Å². The van der Waals surface area contributed by atoms with Gasteiger partial charge in [-0.15, -0.1) is 0 Å². The highest BCUT2D eigenvalue weighted by Gasteiger charge is 2.13. The van der Waals surface area contributed by atoms with Crippen molar-refractivity contribution in [2.75, 3.05) is 13.2 Å². The molecule has 0 aliphatic heterocycles. The number of carbonyl (C=O) groups excluding carboxylic acids is 2. The van der Waals surface area contributed by atoms with Crippen LogP contribution >= 0.6 is 0 Å². The molecule has 0 aromatic rings. The molecule has 0 fully saturated rings. The normalized spacial score (nSPS) is 14.0. The van der Waals surface area contributed by atoms with Crippen LogP contribution in [0, 0.1) is 5.92 Å². The zero-order valence-electron chi connectivity index (χ0n) is 36.4. The number of hydrogen-bond acceptors (Lipinski definition) is 6. The average molecular weight is 783 g/mol. The summed E-state index contributed by atoms with van der Waals surface area (Å²) in [6.07, 6.45) is 54.4. The van der Waals surface area contributed by atoms with Gasteiger partial charge in [0.25, 0.3) is 0 Å². The molecule has 0 aliphatic carbocycles. The summed E-state index contributed by atoms with van der Waals surface area (Å²) in [4.78, 5) is 24.1. The van der Waals surface area contributed by atoms with Crippen LogP contribution in [0.1, 0.15) is 201 Å². The van der Waals surface area contributed by atoms with Gasteiger partial charge in [-0.2, -0.15) is 0 Å². The fourth-order valence-electron chi connectivity index (χ4n) is 6.23. The first-order valence-corrected chi connectivity index (χ1v) is 23.0. The maximum atomic E-state index is 12.0. The van der Waals surface area contributed by atoms with E-state index in [1.165, 1.54) is 109 Å². The summed E-state index contributed by atoms with van der Waals surface area (Å²) < 4.78 is 10.2. The first kappa shape index (κ1) is 53.3. The molecule has 0 spiro atoms. The Morgan fingerprint density at radius 3 is 1.32 bits per heavy atom. The summed E-state index contributed by atoms with van der Waals surface area (Å²) in [6, 6.07) is 0. The Balaban J connectivity index is 3.60. The van der Waals surface area contributed by atoms with Gasteiger partial charge >= 0.3 is 11.9 Å². The van der Waals surface area contributed by atoms with Gasteiger partial charge in [-0.25, -0.2) is 0 Å². The second kappa shape index (κ2) is 43.4. The average Bonchev–Trinajstić information content (AvgIpc) is 3.20. The molecule has 0 amide bonds. The topological polar surface area (TPSA) is 93.1 Å². The van der Waals surface area contributed by atoms with Crippen molar-refractivity contribution in [1.29, 1.82) is 0 Å². The molecule has 0 saturated heterocycles. The highest BCUT2D eigenvalue weighted by atomic mass is 16.6. The minimum absolute atomic E-state index is 0.0306. The van der Waals surface area contributed by atoms with Gasteiger partial charge in [-0.1, -0.05) is 216 Å². The lowest BCUT2D eigenvalue weighted by Crippen LogP contribution is -2.25. The lowest BCUT2D eigenvalue weighted by atomic mass is 9.99. The van der Waals surface area contributed by atoms with Crippen molar-refractivity contribution in [1.82, 2.24) is 0 Å². The highest BCUT2D eigenvalue weighted by molar-refractivity contribution is 5.69. The quantitative estimate of drug-likeness (QED) is 0.0278. The third-order valence-electron chi connectivity index (χ3n) is 10.1.